The minimum absolute atomic E-state index is 0.0635. The van der Waals surface area contributed by atoms with Crippen molar-refractivity contribution in [3.63, 3.8) is 0 Å². The van der Waals surface area contributed by atoms with Gasteiger partial charge in [0, 0.05) is 24.9 Å². The van der Waals surface area contributed by atoms with Crippen LogP contribution in [0.25, 0.3) is 0 Å². The zero-order valence-corrected chi connectivity index (χ0v) is 13.8. The Kier molecular flexibility index (Phi) is 8.11. The fourth-order valence-corrected chi connectivity index (χ4v) is 2.89. The number of nitrogens with zero attached hydrogens (tertiary/aromatic N) is 3. The Hall–Kier alpha value is -1.41. The number of hydrogen-bond acceptors (Lipinski definition) is 5. The molecule has 0 saturated heterocycles. The van der Waals surface area contributed by atoms with Gasteiger partial charge in [0.25, 0.3) is 0 Å². The smallest absolute Gasteiger partial charge is 0.242 e. The van der Waals surface area contributed by atoms with Gasteiger partial charge in [0.1, 0.15) is 10.8 Å². The Morgan fingerprint density at radius 2 is 2.27 bits per heavy atom. The molecule has 0 bridgehead atoms. The molecule has 0 aromatic carbocycles. The second kappa shape index (κ2) is 9.58. The molecule has 8 heteroatoms. The fraction of sp³-hybridized carbons (Fsp3) is 0.357. The largest absolute Gasteiger partial charge is 0.303 e. The van der Waals surface area contributed by atoms with Gasteiger partial charge in [-0.1, -0.05) is 11.8 Å². The van der Waals surface area contributed by atoms with Gasteiger partial charge in [-0.2, -0.15) is 17.0 Å². The van der Waals surface area contributed by atoms with E-state index in [2.05, 4.69) is 29.3 Å². The van der Waals surface area contributed by atoms with Crippen molar-refractivity contribution >= 4 is 37.0 Å². The molecule has 0 aliphatic heterocycles. The number of carbonyl (C=O) groups excluding carboxylic acids is 1. The van der Waals surface area contributed by atoms with E-state index in [0.717, 1.165) is 18.0 Å². The Labute approximate surface area is 138 Å². The molecule has 0 aliphatic rings. The maximum absolute atomic E-state index is 13.9. The molecule has 0 radical (unpaired) electrons. The van der Waals surface area contributed by atoms with Crippen LogP contribution in [0, 0.1) is 5.82 Å². The summed E-state index contributed by atoms with van der Waals surface area (Å²) < 4.78 is 27.1. The third-order valence-electron chi connectivity index (χ3n) is 2.64. The molecule has 0 spiro atoms. The number of rotatable bonds is 8. The molecule has 1 heterocycles. The Morgan fingerprint density at radius 1 is 1.55 bits per heavy atom. The van der Waals surface area contributed by atoms with E-state index in [-0.39, 0.29) is 23.1 Å². The quantitative estimate of drug-likeness (QED) is 0.446. The maximum Gasteiger partial charge on any atom is 0.242 e. The Balaban J connectivity index is 2.94. The van der Waals surface area contributed by atoms with Crippen LogP contribution >= 0.6 is 24.4 Å². The molecule has 22 heavy (non-hydrogen) atoms. The van der Waals surface area contributed by atoms with Gasteiger partial charge in [-0.15, -0.1) is 0 Å². The first-order valence-electron chi connectivity index (χ1n) is 6.53. The topological polar surface area (TPSA) is 45.6 Å². The lowest BCUT2D eigenvalue weighted by Gasteiger charge is -2.23. The molecule has 0 N–H and O–H groups in total. The Morgan fingerprint density at radius 3 is 2.82 bits per heavy atom. The highest BCUT2D eigenvalue weighted by atomic mass is 32.2. The maximum atomic E-state index is 13.9. The van der Waals surface area contributed by atoms with E-state index in [1.165, 1.54) is 17.2 Å². The summed E-state index contributed by atoms with van der Waals surface area (Å²) in [5, 5.41) is 0.0635. The summed E-state index contributed by atoms with van der Waals surface area (Å²) in [5.41, 5.74) is 0.581. The van der Waals surface area contributed by atoms with E-state index in [9.17, 15) is 13.6 Å². The predicted octanol–water partition coefficient (Wildman–Crippen LogP) is 3.42. The van der Waals surface area contributed by atoms with Gasteiger partial charge in [0.2, 0.25) is 11.9 Å². The lowest BCUT2D eigenvalue weighted by molar-refractivity contribution is -0.128. The van der Waals surface area contributed by atoms with Crippen LogP contribution in [0.15, 0.2) is 34.4 Å². The minimum Gasteiger partial charge on any atom is -0.303 e. The summed E-state index contributed by atoms with van der Waals surface area (Å²) in [6, 6.07) is 1.31. The highest BCUT2D eigenvalue weighted by Gasteiger charge is 2.20. The normalized spacial score (nSPS) is 11.8. The van der Waals surface area contributed by atoms with Crippen LogP contribution in [0.1, 0.15) is 18.9 Å². The molecule has 120 valence electrons. The SMILES string of the molecule is C=N/C(F)=C(\SCc1cncc(F)c1)N(CC)C(=O)CCS. The van der Waals surface area contributed by atoms with Gasteiger partial charge in [0.05, 0.1) is 6.20 Å². The first-order valence-corrected chi connectivity index (χ1v) is 8.15. The lowest BCUT2D eigenvalue weighted by Crippen LogP contribution is -2.29. The number of pyridine rings is 1. The van der Waals surface area contributed by atoms with Crippen molar-refractivity contribution in [3.8, 4) is 0 Å². The molecule has 1 aromatic rings. The second-order valence-corrected chi connectivity index (χ2v) is 5.58. The Bertz CT molecular complexity index is 567. The van der Waals surface area contributed by atoms with E-state index in [1.54, 1.807) is 6.92 Å². The third kappa shape index (κ3) is 5.42. The van der Waals surface area contributed by atoms with Crippen LogP contribution < -0.4 is 0 Å². The van der Waals surface area contributed by atoms with Crippen LogP contribution in [0.3, 0.4) is 0 Å². The molecule has 1 amide bonds. The van der Waals surface area contributed by atoms with E-state index in [4.69, 9.17) is 0 Å². The summed E-state index contributed by atoms with van der Waals surface area (Å²) in [5.74, 6) is -0.929. The van der Waals surface area contributed by atoms with E-state index < -0.39 is 11.8 Å². The number of thiol groups is 1. The highest BCUT2D eigenvalue weighted by Crippen LogP contribution is 2.29. The van der Waals surface area contributed by atoms with Crippen LogP contribution in [-0.2, 0) is 10.5 Å². The van der Waals surface area contributed by atoms with Crippen LogP contribution in [0.2, 0.25) is 0 Å². The molecule has 0 unspecified atom stereocenters. The van der Waals surface area contributed by atoms with Gasteiger partial charge in [0.15, 0.2) is 0 Å². The van der Waals surface area contributed by atoms with E-state index in [1.807, 2.05) is 0 Å². The molecular weight excluding hydrogens is 328 g/mol. The monoisotopic (exact) mass is 345 g/mol. The number of aliphatic imine (C=N–C) groups is 1. The van der Waals surface area contributed by atoms with Gasteiger partial charge in [-0.05, 0) is 31.0 Å². The predicted molar refractivity (Wildman–Crippen MR) is 89.0 cm³/mol. The third-order valence-corrected chi connectivity index (χ3v) is 4.00. The summed E-state index contributed by atoms with van der Waals surface area (Å²) >= 11 is 5.05. The fourth-order valence-electron chi connectivity index (χ4n) is 1.67. The molecule has 1 aromatic heterocycles. The molecule has 0 fully saturated rings. The van der Waals surface area contributed by atoms with E-state index in [0.29, 0.717) is 17.9 Å². The molecule has 0 atom stereocenters. The average Bonchev–Trinajstić information content (AvgIpc) is 2.50. The minimum atomic E-state index is -0.830. The average molecular weight is 345 g/mol. The zero-order chi connectivity index (χ0) is 16.5. The molecular formula is C14H17F2N3OS2. The molecule has 4 nitrogen and oxygen atoms in total. The van der Waals surface area contributed by atoms with Crippen molar-refractivity contribution in [2.75, 3.05) is 12.3 Å². The summed E-state index contributed by atoms with van der Waals surface area (Å²) in [6.45, 7) is 5.18. The van der Waals surface area contributed by atoms with Crippen molar-refractivity contribution in [2.24, 2.45) is 4.99 Å². The summed E-state index contributed by atoms with van der Waals surface area (Å²) in [7, 11) is 0. The molecule has 0 aliphatic carbocycles. The van der Waals surface area contributed by atoms with Crippen molar-refractivity contribution in [1.29, 1.82) is 0 Å². The standard InChI is InChI=1S/C14H17F2N3OS2/c1-3-19(12(20)4-5-21)14(13(16)17-2)22-9-10-6-11(15)8-18-7-10/h6-8,21H,2-5,9H2,1H3/b14-13-. The number of thioether (sulfide) groups is 1. The summed E-state index contributed by atoms with van der Waals surface area (Å²) in [4.78, 5) is 20.3. The van der Waals surface area contributed by atoms with Crippen molar-refractivity contribution < 1.29 is 13.6 Å². The first kappa shape index (κ1) is 18.6. The number of halogens is 2. The van der Waals surface area contributed by atoms with Crippen molar-refractivity contribution in [1.82, 2.24) is 9.88 Å². The van der Waals surface area contributed by atoms with Gasteiger partial charge >= 0.3 is 0 Å². The summed E-state index contributed by atoms with van der Waals surface area (Å²) in [6.07, 6.45) is 2.76. The number of hydrogen-bond donors (Lipinski definition) is 1. The second-order valence-electron chi connectivity index (χ2n) is 4.17. The van der Waals surface area contributed by atoms with Crippen LogP contribution in [-0.4, -0.2) is 34.8 Å². The van der Waals surface area contributed by atoms with Crippen LogP contribution in [0.4, 0.5) is 8.78 Å². The molecule has 0 saturated carbocycles. The first-order chi connectivity index (χ1) is 10.5. The van der Waals surface area contributed by atoms with E-state index >= 15 is 0 Å². The van der Waals surface area contributed by atoms with Crippen LogP contribution in [0.5, 0.6) is 0 Å². The van der Waals surface area contributed by atoms with Gasteiger partial charge < -0.3 is 4.90 Å². The van der Waals surface area contributed by atoms with Gasteiger partial charge in [-0.3, -0.25) is 9.78 Å². The zero-order valence-electron chi connectivity index (χ0n) is 12.1. The highest BCUT2D eigenvalue weighted by molar-refractivity contribution is 8.02. The number of carbonyl (C=O) groups is 1. The molecule has 1 rings (SSSR count). The van der Waals surface area contributed by atoms with Crippen molar-refractivity contribution in [2.45, 2.75) is 19.1 Å². The lowest BCUT2D eigenvalue weighted by atomic mass is 10.3. The number of amides is 1. The number of aromatic nitrogens is 1. The van der Waals surface area contributed by atoms with Gasteiger partial charge in [-0.25, -0.2) is 9.38 Å². The van der Waals surface area contributed by atoms with Crippen molar-refractivity contribution in [3.05, 3.63) is 40.8 Å².